The highest BCUT2D eigenvalue weighted by molar-refractivity contribution is 5.93. The molecule has 0 radical (unpaired) electrons. The van der Waals surface area contributed by atoms with Crippen LogP contribution in [0.4, 0.5) is 0 Å². The third kappa shape index (κ3) is 5.31. The second-order valence-electron chi connectivity index (χ2n) is 7.37. The summed E-state index contributed by atoms with van der Waals surface area (Å²) in [6, 6.07) is 20.4. The number of piperazine rings is 1. The van der Waals surface area contributed by atoms with Crippen molar-refractivity contribution in [1.82, 2.24) is 24.9 Å². The monoisotopic (exact) mass is 389 g/mol. The van der Waals surface area contributed by atoms with Crippen LogP contribution >= 0.6 is 0 Å². The number of amides is 1. The fourth-order valence-corrected chi connectivity index (χ4v) is 3.60. The Morgan fingerprint density at radius 2 is 1.55 bits per heavy atom. The number of rotatable bonds is 7. The summed E-state index contributed by atoms with van der Waals surface area (Å²) in [6.07, 6.45) is 3.39. The Morgan fingerprint density at radius 1 is 0.897 bits per heavy atom. The molecule has 1 amide bonds. The standard InChI is InChI=1S/C23H27N5O/c29-23(21-17-25-28(19-21)22-9-5-2-6-10-22)24-11-12-26-13-15-27(16-14-26)18-20-7-3-1-4-8-20/h1-10,17,19H,11-16,18H2,(H,24,29). The number of benzene rings is 2. The van der Waals surface area contributed by atoms with Gasteiger partial charge in [0.25, 0.3) is 5.91 Å². The second-order valence-corrected chi connectivity index (χ2v) is 7.37. The summed E-state index contributed by atoms with van der Waals surface area (Å²) in [5, 5.41) is 7.30. The van der Waals surface area contributed by atoms with Crippen LogP contribution in [0.3, 0.4) is 0 Å². The molecule has 0 bridgehead atoms. The van der Waals surface area contributed by atoms with E-state index in [4.69, 9.17) is 0 Å². The van der Waals surface area contributed by atoms with E-state index in [2.05, 4.69) is 50.5 Å². The van der Waals surface area contributed by atoms with Gasteiger partial charge in [-0.05, 0) is 17.7 Å². The zero-order valence-corrected chi connectivity index (χ0v) is 16.6. The van der Waals surface area contributed by atoms with Crippen LogP contribution in [0.25, 0.3) is 5.69 Å². The summed E-state index contributed by atoms with van der Waals surface area (Å²) < 4.78 is 1.72. The number of hydrogen-bond donors (Lipinski definition) is 1. The van der Waals surface area contributed by atoms with E-state index in [0.717, 1.165) is 45.0 Å². The Balaban J connectivity index is 1.18. The number of carbonyl (C=O) groups is 1. The minimum Gasteiger partial charge on any atom is -0.351 e. The molecule has 1 fully saturated rings. The van der Waals surface area contributed by atoms with E-state index in [1.165, 1.54) is 5.56 Å². The predicted octanol–water partition coefficient (Wildman–Crippen LogP) is 2.42. The van der Waals surface area contributed by atoms with Crippen molar-refractivity contribution in [2.75, 3.05) is 39.3 Å². The van der Waals surface area contributed by atoms with Gasteiger partial charge in [-0.2, -0.15) is 5.10 Å². The zero-order valence-electron chi connectivity index (χ0n) is 16.6. The minimum absolute atomic E-state index is 0.0742. The molecule has 0 aliphatic carbocycles. The van der Waals surface area contributed by atoms with Crippen molar-refractivity contribution < 1.29 is 4.79 Å². The summed E-state index contributed by atoms with van der Waals surface area (Å²) in [5.74, 6) is -0.0742. The molecule has 1 aromatic heterocycles. The van der Waals surface area contributed by atoms with Crippen molar-refractivity contribution in [1.29, 1.82) is 0 Å². The summed E-state index contributed by atoms with van der Waals surface area (Å²) in [4.78, 5) is 17.3. The van der Waals surface area contributed by atoms with Gasteiger partial charge in [0.15, 0.2) is 0 Å². The topological polar surface area (TPSA) is 53.4 Å². The maximum atomic E-state index is 12.4. The van der Waals surface area contributed by atoms with E-state index in [1.54, 1.807) is 17.1 Å². The van der Waals surface area contributed by atoms with Crippen molar-refractivity contribution in [3.05, 3.63) is 84.2 Å². The molecule has 150 valence electrons. The van der Waals surface area contributed by atoms with Gasteiger partial charge in [-0.25, -0.2) is 4.68 Å². The van der Waals surface area contributed by atoms with Crippen LogP contribution in [-0.2, 0) is 6.54 Å². The van der Waals surface area contributed by atoms with Gasteiger partial charge in [0.05, 0.1) is 17.4 Å². The molecule has 1 aliphatic heterocycles. The SMILES string of the molecule is O=C(NCCN1CCN(Cc2ccccc2)CC1)c1cnn(-c2ccccc2)c1. The van der Waals surface area contributed by atoms with Crippen LogP contribution < -0.4 is 5.32 Å². The highest BCUT2D eigenvalue weighted by atomic mass is 16.1. The lowest BCUT2D eigenvalue weighted by Gasteiger charge is -2.34. The first-order chi connectivity index (χ1) is 14.3. The molecule has 29 heavy (non-hydrogen) atoms. The van der Waals surface area contributed by atoms with Crippen LogP contribution in [-0.4, -0.2) is 64.8 Å². The van der Waals surface area contributed by atoms with Crippen LogP contribution in [0.15, 0.2) is 73.1 Å². The quantitative estimate of drug-likeness (QED) is 0.674. The molecular formula is C23H27N5O. The molecule has 2 heterocycles. The largest absolute Gasteiger partial charge is 0.351 e. The van der Waals surface area contributed by atoms with Crippen LogP contribution in [0.1, 0.15) is 15.9 Å². The first kappa shape index (κ1) is 19.4. The molecule has 1 aliphatic rings. The number of hydrogen-bond acceptors (Lipinski definition) is 4. The summed E-state index contributed by atoms with van der Waals surface area (Å²) in [7, 11) is 0. The van der Waals surface area contributed by atoms with Crippen LogP contribution in [0, 0.1) is 0 Å². The van der Waals surface area contributed by atoms with Crippen molar-refractivity contribution in [3.8, 4) is 5.69 Å². The lowest BCUT2D eigenvalue weighted by molar-refractivity contribution is 0.0934. The van der Waals surface area contributed by atoms with Gasteiger partial charge >= 0.3 is 0 Å². The number of nitrogens with zero attached hydrogens (tertiary/aromatic N) is 4. The maximum absolute atomic E-state index is 12.4. The lowest BCUT2D eigenvalue weighted by atomic mass is 10.2. The molecule has 6 nitrogen and oxygen atoms in total. The molecule has 6 heteroatoms. The van der Waals surface area contributed by atoms with Crippen molar-refractivity contribution >= 4 is 5.91 Å². The molecule has 2 aromatic carbocycles. The Morgan fingerprint density at radius 3 is 2.28 bits per heavy atom. The minimum atomic E-state index is -0.0742. The highest BCUT2D eigenvalue weighted by Gasteiger charge is 2.17. The van der Waals surface area contributed by atoms with Crippen LogP contribution in [0.5, 0.6) is 0 Å². The van der Waals surface area contributed by atoms with E-state index < -0.39 is 0 Å². The van der Waals surface area contributed by atoms with Gasteiger partial charge in [-0.1, -0.05) is 48.5 Å². The van der Waals surface area contributed by atoms with Gasteiger partial charge in [-0.3, -0.25) is 14.6 Å². The van der Waals surface area contributed by atoms with Gasteiger partial charge < -0.3 is 5.32 Å². The molecule has 0 unspecified atom stereocenters. The summed E-state index contributed by atoms with van der Waals surface area (Å²) in [5.41, 5.74) is 2.89. The van der Waals surface area contributed by atoms with E-state index >= 15 is 0 Å². The van der Waals surface area contributed by atoms with Crippen molar-refractivity contribution in [3.63, 3.8) is 0 Å². The zero-order chi connectivity index (χ0) is 19.9. The Hall–Kier alpha value is -2.96. The smallest absolute Gasteiger partial charge is 0.254 e. The first-order valence-electron chi connectivity index (χ1n) is 10.1. The molecule has 3 aromatic rings. The number of para-hydroxylation sites is 1. The van der Waals surface area contributed by atoms with E-state index in [9.17, 15) is 4.79 Å². The van der Waals surface area contributed by atoms with Crippen molar-refractivity contribution in [2.45, 2.75) is 6.54 Å². The van der Waals surface area contributed by atoms with E-state index in [1.807, 2.05) is 30.3 Å². The molecule has 0 spiro atoms. The molecule has 1 saturated heterocycles. The molecule has 1 N–H and O–H groups in total. The average Bonchev–Trinajstić information content (AvgIpc) is 3.27. The summed E-state index contributed by atoms with van der Waals surface area (Å²) >= 11 is 0. The first-order valence-corrected chi connectivity index (χ1v) is 10.1. The van der Waals surface area contributed by atoms with Gasteiger partial charge in [0.1, 0.15) is 0 Å². The highest BCUT2D eigenvalue weighted by Crippen LogP contribution is 2.09. The number of carbonyl (C=O) groups excluding carboxylic acids is 1. The van der Waals surface area contributed by atoms with Crippen LogP contribution in [0.2, 0.25) is 0 Å². The predicted molar refractivity (Wildman–Crippen MR) is 114 cm³/mol. The fraction of sp³-hybridized carbons (Fsp3) is 0.304. The molecular weight excluding hydrogens is 362 g/mol. The van der Waals surface area contributed by atoms with Crippen molar-refractivity contribution in [2.24, 2.45) is 0 Å². The van der Waals surface area contributed by atoms with Gasteiger partial charge in [0, 0.05) is 52.0 Å². The Labute approximate surface area is 171 Å². The molecule has 0 saturated carbocycles. The van der Waals surface area contributed by atoms with Gasteiger partial charge in [0.2, 0.25) is 0 Å². The normalized spacial score (nSPS) is 15.3. The summed E-state index contributed by atoms with van der Waals surface area (Å²) in [6.45, 7) is 6.73. The lowest BCUT2D eigenvalue weighted by Crippen LogP contribution is -2.48. The van der Waals surface area contributed by atoms with E-state index in [-0.39, 0.29) is 5.91 Å². The number of aromatic nitrogens is 2. The molecule has 0 atom stereocenters. The fourth-order valence-electron chi connectivity index (χ4n) is 3.60. The Bertz CT molecular complexity index is 901. The Kier molecular flexibility index (Phi) is 6.34. The number of nitrogens with one attached hydrogen (secondary N) is 1. The third-order valence-electron chi connectivity index (χ3n) is 5.29. The second kappa shape index (κ2) is 9.49. The van der Waals surface area contributed by atoms with Gasteiger partial charge in [-0.15, -0.1) is 0 Å². The maximum Gasteiger partial charge on any atom is 0.254 e. The average molecular weight is 390 g/mol. The third-order valence-corrected chi connectivity index (χ3v) is 5.29. The molecule has 4 rings (SSSR count). The van der Waals surface area contributed by atoms with E-state index in [0.29, 0.717) is 12.1 Å².